The van der Waals surface area contributed by atoms with Crippen LogP contribution in [-0.4, -0.2) is 47.6 Å². The van der Waals surface area contributed by atoms with E-state index in [9.17, 15) is 0 Å². The minimum Gasteiger partial charge on any atom is -0.340 e. The molecule has 5 heteroatoms. The van der Waals surface area contributed by atoms with Crippen molar-refractivity contribution in [1.29, 1.82) is 0 Å². The van der Waals surface area contributed by atoms with Gasteiger partial charge in [-0.05, 0) is 38.5 Å². The fourth-order valence-corrected chi connectivity index (χ4v) is 5.37. The van der Waals surface area contributed by atoms with Crippen LogP contribution in [0.1, 0.15) is 70.6 Å². The maximum absolute atomic E-state index is 6.29. The summed E-state index contributed by atoms with van der Waals surface area (Å²) in [4.78, 5) is 7.64. The molecule has 126 valence electrons. The third-order valence-corrected chi connectivity index (χ3v) is 6.48. The van der Waals surface area contributed by atoms with Crippen LogP contribution in [0.15, 0.2) is 0 Å². The normalized spacial score (nSPS) is 46.3. The number of nitrogens with zero attached hydrogens (tertiary/aromatic N) is 3. The molecular weight excluding hydrogens is 290 g/mol. The van der Waals surface area contributed by atoms with Gasteiger partial charge in [0.2, 0.25) is 11.4 Å². The third-order valence-electron chi connectivity index (χ3n) is 6.48. The smallest absolute Gasteiger partial charge is 0.340 e. The fourth-order valence-electron chi connectivity index (χ4n) is 5.37. The molecule has 2 spiro atoms. The Morgan fingerprint density at radius 1 is 0.913 bits per heavy atom. The highest BCUT2D eigenvalue weighted by Crippen LogP contribution is 2.44. The molecular formula is C18H28N3O2+. The molecule has 0 aromatic heterocycles. The van der Waals surface area contributed by atoms with E-state index in [0.29, 0.717) is 12.1 Å². The monoisotopic (exact) mass is 318 g/mol. The summed E-state index contributed by atoms with van der Waals surface area (Å²) in [6.45, 7) is 1.71. The fraction of sp³-hybridized carbons (Fsp3) is 0.944. The summed E-state index contributed by atoms with van der Waals surface area (Å²) < 4.78 is 12.5. The van der Waals surface area contributed by atoms with Crippen LogP contribution in [0.25, 0.3) is 0 Å². The number of guanidine groups is 1. The number of hydrogen-bond donors (Lipinski definition) is 0. The maximum atomic E-state index is 6.29. The molecule has 0 amide bonds. The van der Waals surface area contributed by atoms with Gasteiger partial charge in [0.15, 0.2) is 0 Å². The van der Waals surface area contributed by atoms with E-state index in [0.717, 1.165) is 44.9 Å². The average molecular weight is 318 g/mol. The van der Waals surface area contributed by atoms with Crippen molar-refractivity contribution in [3.8, 4) is 0 Å². The maximum Gasteiger partial charge on any atom is 0.424 e. The van der Waals surface area contributed by atoms with Gasteiger partial charge < -0.3 is 9.47 Å². The van der Waals surface area contributed by atoms with E-state index < -0.39 is 0 Å². The second kappa shape index (κ2) is 5.35. The number of ether oxygens (including phenoxy) is 2. The summed E-state index contributed by atoms with van der Waals surface area (Å²) in [5, 5.41) is 5.09. The summed E-state index contributed by atoms with van der Waals surface area (Å²) in [7, 11) is 0. The van der Waals surface area contributed by atoms with Gasteiger partial charge in [-0.3, -0.25) is 4.90 Å². The Morgan fingerprint density at radius 2 is 1.70 bits per heavy atom. The number of aliphatic imine (C=N–C) groups is 1. The number of rotatable bonds is 0. The van der Waals surface area contributed by atoms with Crippen LogP contribution in [0.5, 0.6) is 0 Å². The predicted molar refractivity (Wildman–Crippen MR) is 86.8 cm³/mol. The second-order valence-electron chi connectivity index (χ2n) is 8.08. The molecule has 4 fully saturated rings. The Labute approximate surface area is 138 Å². The van der Waals surface area contributed by atoms with Gasteiger partial charge in [-0.1, -0.05) is 16.7 Å². The summed E-state index contributed by atoms with van der Waals surface area (Å²) in [5.74, 6) is 0.957. The lowest BCUT2D eigenvalue weighted by Gasteiger charge is -2.44. The highest BCUT2D eigenvalue weighted by Gasteiger charge is 2.61. The van der Waals surface area contributed by atoms with Crippen LogP contribution in [-0.2, 0) is 9.47 Å². The predicted octanol–water partition coefficient (Wildman–Crippen LogP) is 2.11. The molecule has 2 radical (unpaired) electrons. The SMILES string of the molecule is C1CCO[C@@]2(CC1)C[C@@H]1CC[C@@H]3C[C@]4(CCCCO4)[N]C(=[N+]2)N31. The van der Waals surface area contributed by atoms with Gasteiger partial charge in [0, 0.05) is 25.7 Å². The molecule has 5 nitrogen and oxygen atoms in total. The largest absolute Gasteiger partial charge is 0.424 e. The molecule has 0 N–H and O–H groups in total. The summed E-state index contributed by atoms with van der Waals surface area (Å²) >= 11 is 0. The zero-order chi connectivity index (χ0) is 15.3. The van der Waals surface area contributed by atoms with Gasteiger partial charge in [0.25, 0.3) is 0 Å². The zero-order valence-corrected chi connectivity index (χ0v) is 14.0. The molecule has 5 aliphatic rings. The van der Waals surface area contributed by atoms with E-state index >= 15 is 0 Å². The molecule has 0 aromatic rings. The first-order chi connectivity index (χ1) is 11.3. The number of hydrogen-bond acceptors (Lipinski definition) is 4. The Morgan fingerprint density at radius 3 is 2.57 bits per heavy atom. The lowest BCUT2D eigenvalue weighted by atomic mass is 9.91. The standard InChI is InChI=1S/C18H28N3O2/c1-2-8-17(22-10-4-1)12-14-6-7-15-13-18(9-3-5-11-23-18)20-16(19-17)21(14)15/h14-15H,1-13H2/q+1/t14-,15+,17-,18+/m0/s1. The zero-order valence-electron chi connectivity index (χ0n) is 14.0. The van der Waals surface area contributed by atoms with Crippen LogP contribution >= 0.6 is 0 Å². The molecule has 0 unspecified atom stereocenters. The average Bonchev–Trinajstić information content (AvgIpc) is 2.81. The van der Waals surface area contributed by atoms with E-state index in [4.69, 9.17) is 19.8 Å². The van der Waals surface area contributed by atoms with Gasteiger partial charge in [-0.2, -0.15) is 0 Å². The third kappa shape index (κ3) is 2.39. The second-order valence-corrected chi connectivity index (χ2v) is 8.08. The van der Waals surface area contributed by atoms with Crippen LogP contribution in [0.4, 0.5) is 0 Å². The highest BCUT2D eigenvalue weighted by molar-refractivity contribution is 5.82. The highest BCUT2D eigenvalue weighted by atomic mass is 16.5. The minimum absolute atomic E-state index is 0.281. The van der Waals surface area contributed by atoms with E-state index in [2.05, 4.69) is 4.90 Å². The molecule has 5 heterocycles. The molecule has 0 aromatic carbocycles. The Bertz CT molecular complexity index is 492. The van der Waals surface area contributed by atoms with Gasteiger partial charge in [0.05, 0.1) is 25.3 Å². The van der Waals surface area contributed by atoms with Gasteiger partial charge >= 0.3 is 5.96 Å². The molecule has 0 saturated carbocycles. The lowest BCUT2D eigenvalue weighted by Crippen LogP contribution is -2.67. The van der Waals surface area contributed by atoms with Gasteiger partial charge in [0.1, 0.15) is 0 Å². The molecule has 23 heavy (non-hydrogen) atoms. The van der Waals surface area contributed by atoms with Crippen LogP contribution in [0.2, 0.25) is 0 Å². The molecule has 4 atom stereocenters. The minimum atomic E-state index is -0.293. The van der Waals surface area contributed by atoms with Crippen LogP contribution in [0.3, 0.4) is 0 Å². The molecule has 5 aliphatic heterocycles. The van der Waals surface area contributed by atoms with Crippen molar-refractivity contribution in [2.24, 2.45) is 0 Å². The quantitative estimate of drug-likeness (QED) is 0.687. The van der Waals surface area contributed by atoms with Crippen molar-refractivity contribution in [2.75, 3.05) is 13.2 Å². The Balaban J connectivity index is 1.49. The lowest BCUT2D eigenvalue weighted by molar-refractivity contribution is -0.128. The molecule has 0 aliphatic carbocycles. The van der Waals surface area contributed by atoms with Gasteiger partial charge in [-0.15, -0.1) is 0 Å². The molecule has 4 saturated heterocycles. The summed E-state index contributed by atoms with van der Waals surface area (Å²) in [6, 6.07) is 1.16. The summed E-state index contributed by atoms with van der Waals surface area (Å²) in [5.41, 5.74) is -0.574. The van der Waals surface area contributed by atoms with E-state index in [1.807, 2.05) is 0 Å². The van der Waals surface area contributed by atoms with Crippen molar-refractivity contribution in [1.82, 2.24) is 15.2 Å². The van der Waals surface area contributed by atoms with Crippen molar-refractivity contribution in [3.05, 3.63) is 0 Å². The van der Waals surface area contributed by atoms with E-state index in [-0.39, 0.29) is 11.4 Å². The topological polar surface area (TPSA) is 49.9 Å². The first-order valence-corrected chi connectivity index (χ1v) is 9.67. The first kappa shape index (κ1) is 14.5. The first-order valence-electron chi connectivity index (χ1n) is 9.67. The van der Waals surface area contributed by atoms with Crippen molar-refractivity contribution in [3.63, 3.8) is 0 Å². The van der Waals surface area contributed by atoms with E-state index in [1.165, 1.54) is 44.9 Å². The van der Waals surface area contributed by atoms with E-state index in [1.54, 1.807) is 0 Å². The Kier molecular flexibility index (Phi) is 3.38. The van der Waals surface area contributed by atoms with Crippen molar-refractivity contribution in [2.45, 2.75) is 94.2 Å². The van der Waals surface area contributed by atoms with Crippen LogP contribution < -0.4 is 10.3 Å². The van der Waals surface area contributed by atoms with Crippen LogP contribution in [0, 0.1) is 0 Å². The van der Waals surface area contributed by atoms with Crippen molar-refractivity contribution < 1.29 is 9.47 Å². The van der Waals surface area contributed by atoms with Crippen molar-refractivity contribution >= 4 is 5.96 Å². The molecule has 0 bridgehead atoms. The summed E-state index contributed by atoms with van der Waals surface area (Å²) in [6.07, 6.45) is 12.9. The van der Waals surface area contributed by atoms with Gasteiger partial charge in [-0.25, -0.2) is 0 Å². The molecule has 5 rings (SSSR count). The Hall–Kier alpha value is -0.810.